The van der Waals surface area contributed by atoms with Crippen LogP contribution < -0.4 is 10.6 Å². The normalized spacial score (nSPS) is 20.0. The number of aromatic nitrogens is 3. The van der Waals surface area contributed by atoms with Crippen molar-refractivity contribution < 1.29 is 9.50 Å². The molecular formula is C19H19FN6O. The number of fused-ring (bicyclic) bond motifs is 1. The van der Waals surface area contributed by atoms with E-state index in [0.717, 1.165) is 11.2 Å². The van der Waals surface area contributed by atoms with Gasteiger partial charge in [0.15, 0.2) is 0 Å². The quantitative estimate of drug-likeness (QED) is 0.693. The maximum absolute atomic E-state index is 13.7. The number of halogens is 1. The summed E-state index contributed by atoms with van der Waals surface area (Å²) >= 11 is 0. The Morgan fingerprint density at radius 2 is 2.19 bits per heavy atom. The van der Waals surface area contributed by atoms with Gasteiger partial charge in [0.25, 0.3) is 0 Å². The van der Waals surface area contributed by atoms with Crippen LogP contribution in [-0.2, 0) is 6.54 Å². The van der Waals surface area contributed by atoms with E-state index in [1.807, 2.05) is 9.47 Å². The zero-order chi connectivity index (χ0) is 19.0. The van der Waals surface area contributed by atoms with E-state index in [0.29, 0.717) is 43.2 Å². The average molecular weight is 366 g/mol. The van der Waals surface area contributed by atoms with Crippen LogP contribution in [0.15, 0.2) is 36.5 Å². The van der Waals surface area contributed by atoms with Gasteiger partial charge < -0.3 is 20.3 Å². The number of imidazole rings is 1. The van der Waals surface area contributed by atoms with Gasteiger partial charge >= 0.3 is 0 Å². The maximum Gasteiger partial charge on any atom is 0.206 e. The SMILES string of the molecule is [C-]#[N+]c1ccc(Cn2c(N3CC[C@H](O)[C@H](N)C3)nc3cc(F)ccc32)nc1. The van der Waals surface area contributed by atoms with Crippen LogP contribution in [0.5, 0.6) is 0 Å². The third-order valence-corrected chi connectivity index (χ3v) is 4.85. The van der Waals surface area contributed by atoms with Crippen molar-refractivity contribution in [2.75, 3.05) is 18.0 Å². The summed E-state index contributed by atoms with van der Waals surface area (Å²) in [6.45, 7) is 8.56. The standard InChI is InChI=1S/C19H19FN6O/c1-22-13-3-4-14(23-9-13)10-26-17-5-2-12(20)8-16(17)24-19(26)25-7-6-18(27)15(21)11-25/h2-5,8-9,15,18,27H,6-7,10-11,21H2/t15-,18+/m1/s1. The lowest BCUT2D eigenvalue weighted by Gasteiger charge is -2.35. The summed E-state index contributed by atoms with van der Waals surface area (Å²) < 4.78 is 15.7. The number of aliphatic hydroxyl groups is 1. The van der Waals surface area contributed by atoms with E-state index in [9.17, 15) is 9.50 Å². The first-order chi connectivity index (χ1) is 13.0. The smallest absolute Gasteiger partial charge is 0.206 e. The summed E-state index contributed by atoms with van der Waals surface area (Å²) in [5.41, 5.74) is 8.63. The zero-order valence-electron chi connectivity index (χ0n) is 14.6. The molecule has 3 heterocycles. The Labute approximate surface area is 155 Å². The van der Waals surface area contributed by atoms with Gasteiger partial charge in [-0.3, -0.25) is 4.98 Å². The van der Waals surface area contributed by atoms with E-state index in [-0.39, 0.29) is 11.9 Å². The number of benzene rings is 1. The highest BCUT2D eigenvalue weighted by Gasteiger charge is 2.28. The molecule has 3 aromatic rings. The molecule has 1 aliphatic heterocycles. The number of nitrogens with two attached hydrogens (primary N) is 1. The lowest BCUT2D eigenvalue weighted by molar-refractivity contribution is 0.124. The molecule has 0 aliphatic carbocycles. The van der Waals surface area contributed by atoms with Crippen molar-refractivity contribution in [3.05, 3.63) is 59.5 Å². The molecule has 1 aliphatic rings. The second kappa shape index (κ2) is 6.95. The van der Waals surface area contributed by atoms with Crippen molar-refractivity contribution >= 4 is 22.7 Å². The highest BCUT2D eigenvalue weighted by atomic mass is 19.1. The minimum Gasteiger partial charge on any atom is -0.391 e. The fourth-order valence-corrected chi connectivity index (χ4v) is 3.38. The molecular weight excluding hydrogens is 347 g/mol. The van der Waals surface area contributed by atoms with Crippen molar-refractivity contribution in [3.63, 3.8) is 0 Å². The van der Waals surface area contributed by atoms with E-state index in [1.54, 1.807) is 18.2 Å². The number of pyridine rings is 1. The molecule has 8 heteroatoms. The molecule has 1 aromatic carbocycles. The van der Waals surface area contributed by atoms with Crippen molar-refractivity contribution in [3.8, 4) is 0 Å². The Bertz CT molecular complexity index is 1010. The fourth-order valence-electron chi connectivity index (χ4n) is 3.38. The summed E-state index contributed by atoms with van der Waals surface area (Å²) in [7, 11) is 0. The van der Waals surface area contributed by atoms with Crippen molar-refractivity contribution in [2.45, 2.75) is 25.1 Å². The second-order valence-electron chi connectivity index (χ2n) is 6.72. The van der Waals surface area contributed by atoms with Gasteiger partial charge in [-0.15, -0.1) is 0 Å². The average Bonchev–Trinajstić information content (AvgIpc) is 3.02. The molecule has 0 radical (unpaired) electrons. The number of hydrogen-bond acceptors (Lipinski definition) is 5. The monoisotopic (exact) mass is 366 g/mol. The van der Waals surface area contributed by atoms with Crippen LogP contribution in [0.3, 0.4) is 0 Å². The molecule has 3 N–H and O–H groups in total. The van der Waals surface area contributed by atoms with Crippen molar-refractivity contribution in [1.29, 1.82) is 0 Å². The summed E-state index contributed by atoms with van der Waals surface area (Å²) in [6.07, 6.45) is 1.56. The number of nitrogens with zero attached hydrogens (tertiary/aromatic N) is 5. The van der Waals surface area contributed by atoms with Gasteiger partial charge in [0.1, 0.15) is 5.82 Å². The minimum absolute atomic E-state index is 0.344. The van der Waals surface area contributed by atoms with Crippen LogP contribution in [0.2, 0.25) is 0 Å². The Hall–Kier alpha value is -3.02. The molecule has 0 spiro atoms. The third kappa shape index (κ3) is 3.35. The second-order valence-corrected chi connectivity index (χ2v) is 6.72. The summed E-state index contributed by atoms with van der Waals surface area (Å²) in [4.78, 5) is 14.3. The predicted molar refractivity (Wildman–Crippen MR) is 100 cm³/mol. The van der Waals surface area contributed by atoms with Crippen LogP contribution in [0.25, 0.3) is 15.9 Å². The number of rotatable bonds is 3. The molecule has 2 aromatic heterocycles. The Morgan fingerprint density at radius 1 is 1.33 bits per heavy atom. The molecule has 0 unspecified atom stereocenters. The molecule has 138 valence electrons. The van der Waals surface area contributed by atoms with Gasteiger partial charge in [-0.2, -0.15) is 0 Å². The van der Waals surface area contributed by atoms with Crippen LogP contribution in [0.1, 0.15) is 12.1 Å². The van der Waals surface area contributed by atoms with E-state index in [1.165, 1.54) is 18.3 Å². The molecule has 27 heavy (non-hydrogen) atoms. The maximum atomic E-state index is 13.7. The highest BCUT2D eigenvalue weighted by molar-refractivity contribution is 5.79. The number of piperidine rings is 1. The Balaban J connectivity index is 1.75. The van der Waals surface area contributed by atoms with Crippen molar-refractivity contribution in [2.24, 2.45) is 5.73 Å². The zero-order valence-corrected chi connectivity index (χ0v) is 14.6. The van der Waals surface area contributed by atoms with E-state index < -0.39 is 6.10 Å². The first-order valence-corrected chi connectivity index (χ1v) is 8.72. The largest absolute Gasteiger partial charge is 0.391 e. The highest BCUT2D eigenvalue weighted by Crippen LogP contribution is 2.27. The molecule has 4 rings (SSSR count). The molecule has 1 saturated heterocycles. The van der Waals surface area contributed by atoms with E-state index in [4.69, 9.17) is 12.3 Å². The Morgan fingerprint density at radius 3 is 2.89 bits per heavy atom. The van der Waals surface area contributed by atoms with E-state index in [2.05, 4.69) is 14.8 Å². The van der Waals surface area contributed by atoms with Crippen LogP contribution >= 0.6 is 0 Å². The molecule has 0 saturated carbocycles. The summed E-state index contributed by atoms with van der Waals surface area (Å²) in [6, 6.07) is 7.68. The molecule has 7 nitrogen and oxygen atoms in total. The predicted octanol–water partition coefficient (Wildman–Crippen LogP) is 2.07. The molecule has 2 atom stereocenters. The van der Waals surface area contributed by atoms with Crippen LogP contribution in [-0.4, -0.2) is 44.9 Å². The van der Waals surface area contributed by atoms with Crippen LogP contribution in [0, 0.1) is 12.4 Å². The number of hydrogen-bond donors (Lipinski definition) is 2. The van der Waals surface area contributed by atoms with Crippen LogP contribution in [0.4, 0.5) is 16.0 Å². The van der Waals surface area contributed by atoms with Gasteiger partial charge in [-0.25, -0.2) is 14.2 Å². The Kier molecular flexibility index (Phi) is 4.48. The van der Waals surface area contributed by atoms with Gasteiger partial charge in [-0.1, -0.05) is 6.07 Å². The fraction of sp³-hybridized carbons (Fsp3) is 0.316. The molecule has 0 amide bonds. The lowest BCUT2D eigenvalue weighted by Crippen LogP contribution is -2.52. The topological polar surface area (TPSA) is 84.6 Å². The molecule has 0 bridgehead atoms. The van der Waals surface area contributed by atoms with Crippen molar-refractivity contribution in [1.82, 2.24) is 14.5 Å². The van der Waals surface area contributed by atoms with Gasteiger partial charge in [0.2, 0.25) is 11.6 Å². The number of aliphatic hydroxyl groups excluding tert-OH is 1. The van der Waals surface area contributed by atoms with Gasteiger partial charge in [0, 0.05) is 31.4 Å². The van der Waals surface area contributed by atoms with Gasteiger partial charge in [-0.05, 0) is 24.6 Å². The number of anilines is 1. The summed E-state index contributed by atoms with van der Waals surface area (Å²) in [5.74, 6) is 0.331. The van der Waals surface area contributed by atoms with E-state index >= 15 is 0 Å². The first-order valence-electron chi connectivity index (χ1n) is 8.72. The first kappa shape index (κ1) is 17.4. The minimum atomic E-state index is -0.528. The summed E-state index contributed by atoms with van der Waals surface area (Å²) in [5, 5.41) is 9.91. The molecule has 1 fully saturated rings. The lowest BCUT2D eigenvalue weighted by atomic mass is 10.0. The van der Waals surface area contributed by atoms with Gasteiger partial charge in [0.05, 0.1) is 35.9 Å². The third-order valence-electron chi connectivity index (χ3n) is 4.85.